The molecule has 0 radical (unpaired) electrons. The van der Waals surface area contributed by atoms with Gasteiger partial charge in [-0.3, -0.25) is 19.7 Å². The SMILES string of the molecule is COc1ccc(N2C(=O)C(c3ccc([N+](=O)[O-])cc3)=C(N3CCCC(C)C3)C2=O)c(OC)c1. The molecule has 1 fully saturated rings. The zero-order chi connectivity index (χ0) is 23.7. The number of benzene rings is 2. The lowest BCUT2D eigenvalue weighted by Crippen LogP contribution is -2.39. The minimum absolute atomic E-state index is 0.0852. The highest BCUT2D eigenvalue weighted by molar-refractivity contribution is 6.45. The number of nitrogens with zero attached hydrogens (tertiary/aromatic N) is 3. The Morgan fingerprint density at radius 1 is 1.03 bits per heavy atom. The highest BCUT2D eigenvalue weighted by Gasteiger charge is 2.44. The van der Waals surface area contributed by atoms with Crippen LogP contribution in [0.4, 0.5) is 11.4 Å². The number of amides is 2. The van der Waals surface area contributed by atoms with Crippen molar-refractivity contribution in [1.29, 1.82) is 0 Å². The molecule has 2 aromatic rings. The Labute approximate surface area is 191 Å². The van der Waals surface area contributed by atoms with Crippen LogP contribution in [0.15, 0.2) is 48.2 Å². The molecule has 1 unspecified atom stereocenters. The first-order valence-electron chi connectivity index (χ1n) is 10.7. The van der Waals surface area contributed by atoms with Gasteiger partial charge in [0.15, 0.2) is 0 Å². The maximum Gasteiger partial charge on any atom is 0.282 e. The topological polar surface area (TPSA) is 102 Å². The van der Waals surface area contributed by atoms with Gasteiger partial charge in [0.05, 0.1) is 30.4 Å². The van der Waals surface area contributed by atoms with E-state index in [2.05, 4.69) is 6.92 Å². The number of anilines is 1. The summed E-state index contributed by atoms with van der Waals surface area (Å²) in [6, 6.07) is 10.6. The molecule has 0 spiro atoms. The Bertz CT molecular complexity index is 1140. The third kappa shape index (κ3) is 4.02. The van der Waals surface area contributed by atoms with Gasteiger partial charge in [-0.1, -0.05) is 6.92 Å². The number of imide groups is 1. The van der Waals surface area contributed by atoms with Crippen LogP contribution in [-0.2, 0) is 9.59 Å². The number of methoxy groups -OCH3 is 2. The second-order valence-electron chi connectivity index (χ2n) is 8.20. The number of nitro groups is 1. The predicted octanol–water partition coefficient (Wildman–Crippen LogP) is 3.63. The van der Waals surface area contributed by atoms with Gasteiger partial charge in [-0.05, 0) is 48.6 Å². The van der Waals surface area contributed by atoms with Crippen LogP contribution in [0.5, 0.6) is 11.5 Å². The van der Waals surface area contributed by atoms with Crippen LogP contribution in [-0.4, -0.2) is 48.9 Å². The van der Waals surface area contributed by atoms with E-state index in [-0.39, 0.29) is 11.3 Å². The summed E-state index contributed by atoms with van der Waals surface area (Å²) in [6.07, 6.45) is 1.96. The van der Waals surface area contributed by atoms with Gasteiger partial charge < -0.3 is 14.4 Å². The molecule has 2 aromatic carbocycles. The number of ether oxygens (including phenoxy) is 2. The van der Waals surface area contributed by atoms with E-state index in [0.717, 1.165) is 17.7 Å². The van der Waals surface area contributed by atoms with Crippen molar-refractivity contribution < 1.29 is 24.0 Å². The van der Waals surface area contributed by atoms with Crippen molar-refractivity contribution in [1.82, 2.24) is 4.90 Å². The quantitative estimate of drug-likeness (QED) is 0.375. The predicted molar refractivity (Wildman–Crippen MR) is 122 cm³/mol. The van der Waals surface area contributed by atoms with Crippen LogP contribution in [0, 0.1) is 16.0 Å². The minimum atomic E-state index is -0.498. The molecule has 0 N–H and O–H groups in total. The first-order valence-corrected chi connectivity index (χ1v) is 10.7. The first kappa shape index (κ1) is 22.3. The fraction of sp³-hybridized carbons (Fsp3) is 0.333. The molecule has 1 saturated heterocycles. The van der Waals surface area contributed by atoms with Gasteiger partial charge >= 0.3 is 0 Å². The molecule has 1 atom stereocenters. The third-order valence-electron chi connectivity index (χ3n) is 6.03. The summed E-state index contributed by atoms with van der Waals surface area (Å²) in [6.45, 7) is 3.42. The number of piperidine rings is 1. The van der Waals surface area contributed by atoms with Crippen molar-refractivity contribution >= 4 is 28.8 Å². The summed E-state index contributed by atoms with van der Waals surface area (Å²) in [5.74, 6) is 0.295. The number of rotatable bonds is 6. The van der Waals surface area contributed by atoms with Gasteiger partial charge in [-0.25, -0.2) is 4.90 Å². The van der Waals surface area contributed by atoms with Gasteiger partial charge in [0, 0.05) is 31.3 Å². The fourth-order valence-electron chi connectivity index (χ4n) is 4.40. The molecule has 2 heterocycles. The fourth-order valence-corrected chi connectivity index (χ4v) is 4.40. The normalized spacial score (nSPS) is 18.7. The Balaban J connectivity index is 1.83. The Kier molecular flexibility index (Phi) is 6.04. The smallest absolute Gasteiger partial charge is 0.282 e. The molecule has 0 aliphatic carbocycles. The number of hydrogen-bond donors (Lipinski definition) is 0. The summed E-state index contributed by atoms with van der Waals surface area (Å²) in [7, 11) is 2.98. The van der Waals surface area contributed by atoms with E-state index in [4.69, 9.17) is 9.47 Å². The number of carbonyl (C=O) groups excluding carboxylic acids is 2. The molecule has 33 heavy (non-hydrogen) atoms. The zero-order valence-corrected chi connectivity index (χ0v) is 18.7. The van der Waals surface area contributed by atoms with Crippen molar-refractivity contribution in [3.63, 3.8) is 0 Å². The number of carbonyl (C=O) groups is 2. The molecule has 0 bridgehead atoms. The third-order valence-corrected chi connectivity index (χ3v) is 6.03. The molecular weight excluding hydrogens is 426 g/mol. The maximum absolute atomic E-state index is 13.7. The molecule has 0 saturated carbocycles. The highest BCUT2D eigenvalue weighted by atomic mass is 16.6. The highest BCUT2D eigenvalue weighted by Crippen LogP contribution is 2.41. The van der Waals surface area contributed by atoms with Crippen molar-refractivity contribution in [3.8, 4) is 11.5 Å². The van der Waals surface area contributed by atoms with Crippen LogP contribution < -0.4 is 14.4 Å². The van der Waals surface area contributed by atoms with E-state index in [9.17, 15) is 19.7 Å². The van der Waals surface area contributed by atoms with Gasteiger partial charge in [0.2, 0.25) is 0 Å². The monoisotopic (exact) mass is 451 g/mol. The summed E-state index contributed by atoms with van der Waals surface area (Å²) in [5, 5.41) is 11.1. The minimum Gasteiger partial charge on any atom is -0.497 e. The molecule has 2 aliphatic rings. The van der Waals surface area contributed by atoms with Crippen LogP contribution in [0.3, 0.4) is 0 Å². The average Bonchev–Trinajstić information content (AvgIpc) is 3.08. The van der Waals surface area contributed by atoms with Gasteiger partial charge in [0.25, 0.3) is 17.5 Å². The van der Waals surface area contributed by atoms with Crippen molar-refractivity contribution in [2.45, 2.75) is 19.8 Å². The molecule has 2 amide bonds. The molecule has 4 rings (SSSR count). The van der Waals surface area contributed by atoms with E-state index in [1.165, 1.54) is 38.5 Å². The van der Waals surface area contributed by atoms with Crippen LogP contribution in [0.2, 0.25) is 0 Å². The second-order valence-corrected chi connectivity index (χ2v) is 8.20. The van der Waals surface area contributed by atoms with Crippen molar-refractivity contribution in [2.24, 2.45) is 5.92 Å². The zero-order valence-electron chi connectivity index (χ0n) is 18.7. The van der Waals surface area contributed by atoms with Gasteiger partial charge in [-0.15, -0.1) is 0 Å². The summed E-state index contributed by atoms with van der Waals surface area (Å²) in [4.78, 5) is 41.1. The second kappa shape index (κ2) is 8.93. The molecule has 2 aliphatic heterocycles. The van der Waals surface area contributed by atoms with E-state index in [1.54, 1.807) is 18.2 Å². The molecular formula is C24H25N3O6. The first-order chi connectivity index (χ1) is 15.8. The largest absolute Gasteiger partial charge is 0.497 e. The van der Waals surface area contributed by atoms with Crippen molar-refractivity contribution in [3.05, 3.63) is 63.8 Å². The Morgan fingerprint density at radius 3 is 2.36 bits per heavy atom. The summed E-state index contributed by atoms with van der Waals surface area (Å²) < 4.78 is 10.7. The maximum atomic E-state index is 13.7. The standard InChI is InChI=1S/C24H25N3O6/c1-15-5-4-12-25(14-15)22-21(16-6-8-17(9-7-16)27(30)31)23(28)26(24(22)29)19-11-10-18(32-2)13-20(19)33-3/h6-11,13,15H,4-5,12,14H2,1-3H3. The Hall–Kier alpha value is -3.88. The lowest BCUT2D eigenvalue weighted by Gasteiger charge is -2.33. The number of likely N-dealkylation sites (tertiary alicyclic amines) is 1. The van der Waals surface area contributed by atoms with E-state index in [1.807, 2.05) is 4.90 Å². The van der Waals surface area contributed by atoms with Crippen molar-refractivity contribution in [2.75, 3.05) is 32.2 Å². The average molecular weight is 451 g/mol. The van der Waals surface area contributed by atoms with E-state index < -0.39 is 16.7 Å². The van der Waals surface area contributed by atoms with Crippen LogP contribution in [0.1, 0.15) is 25.3 Å². The number of hydrogen-bond acceptors (Lipinski definition) is 7. The molecule has 9 nitrogen and oxygen atoms in total. The number of non-ortho nitro benzene ring substituents is 1. The summed E-state index contributed by atoms with van der Waals surface area (Å²) in [5.41, 5.74) is 1.24. The van der Waals surface area contributed by atoms with Gasteiger partial charge in [0.1, 0.15) is 17.2 Å². The lowest BCUT2D eigenvalue weighted by molar-refractivity contribution is -0.384. The van der Waals surface area contributed by atoms with E-state index in [0.29, 0.717) is 47.5 Å². The lowest BCUT2D eigenvalue weighted by atomic mass is 9.97. The summed E-state index contributed by atoms with van der Waals surface area (Å²) >= 11 is 0. The Morgan fingerprint density at radius 2 is 1.76 bits per heavy atom. The molecule has 9 heteroatoms. The van der Waals surface area contributed by atoms with Gasteiger partial charge in [-0.2, -0.15) is 0 Å². The molecule has 0 aromatic heterocycles. The van der Waals surface area contributed by atoms with Crippen LogP contribution in [0.25, 0.3) is 5.57 Å². The molecule has 172 valence electrons. The van der Waals surface area contributed by atoms with E-state index >= 15 is 0 Å². The number of nitro benzene ring substituents is 1. The van der Waals surface area contributed by atoms with Crippen LogP contribution >= 0.6 is 0 Å².